The van der Waals surface area contributed by atoms with Crippen molar-refractivity contribution in [3.05, 3.63) is 95.4 Å². The number of carboxylic acid groups (broad SMARTS) is 4. The molecule has 1 saturated carbocycles. The highest BCUT2D eigenvalue weighted by Gasteiger charge is 2.24. The molecule has 1 fully saturated rings. The SMILES string of the molecule is CC1CCCCC1.CCCCNC(=O)C(/C=C(\C)CC)=C/C=C(\C)F.CNC(=O)CNC(=O)CN(CC=O)CC(=O)O.CO.Cc1c2ccccc2cc2ccccc12.O=CNCC(=O)NCCCC[C@H](NC(=O)N[C@@H](CCCC(=O)O)C(=O)O)C(=O)O. The van der Waals surface area contributed by atoms with Crippen LogP contribution in [-0.2, 0) is 47.9 Å². The zero-order chi connectivity index (χ0) is 66.8. The lowest BCUT2D eigenvalue weighted by Crippen LogP contribution is -2.51. The molecule has 0 spiro atoms. The van der Waals surface area contributed by atoms with Crippen molar-refractivity contribution in [2.45, 2.75) is 144 Å². The molecule has 0 bridgehead atoms. The fraction of sp³-hybridized carbons (Fsp3) is 0.508. The number of carboxylic acids is 4. The van der Waals surface area contributed by atoms with Crippen molar-refractivity contribution in [2.24, 2.45) is 5.92 Å². The van der Waals surface area contributed by atoms with E-state index >= 15 is 0 Å². The zero-order valence-corrected chi connectivity index (χ0v) is 52.2. The fourth-order valence-corrected chi connectivity index (χ4v) is 8.03. The second-order valence-electron chi connectivity index (χ2n) is 20.2. The van der Waals surface area contributed by atoms with Gasteiger partial charge in [0, 0.05) is 39.2 Å². The number of benzene rings is 3. The van der Waals surface area contributed by atoms with Crippen LogP contribution in [0.3, 0.4) is 0 Å². The van der Waals surface area contributed by atoms with Crippen molar-refractivity contribution in [1.82, 2.24) is 42.1 Å². The Morgan fingerprint density at radius 2 is 1.24 bits per heavy atom. The Bertz CT molecular complexity index is 2670. The van der Waals surface area contributed by atoms with Gasteiger partial charge >= 0.3 is 29.9 Å². The van der Waals surface area contributed by atoms with Gasteiger partial charge in [-0.2, -0.15) is 0 Å². The number of hydrogen-bond donors (Lipinski definition) is 12. The lowest BCUT2D eigenvalue weighted by molar-refractivity contribution is -0.141. The second kappa shape index (κ2) is 50.6. The minimum atomic E-state index is -1.36. The van der Waals surface area contributed by atoms with Gasteiger partial charge in [-0.05, 0) is 117 Å². The van der Waals surface area contributed by atoms with E-state index in [1.807, 2.05) is 13.8 Å². The first kappa shape index (κ1) is 81.5. The van der Waals surface area contributed by atoms with Crippen LogP contribution in [0.5, 0.6) is 0 Å². The van der Waals surface area contributed by atoms with Crippen molar-refractivity contribution >= 4 is 87.8 Å². The number of aldehydes is 1. The number of hydrogen-bond acceptors (Lipinski definition) is 13. The van der Waals surface area contributed by atoms with E-state index in [-0.39, 0.29) is 76.0 Å². The maximum atomic E-state index is 12.7. The Kier molecular flexibility index (Phi) is 46.8. The lowest BCUT2D eigenvalue weighted by atomic mass is 9.91. The number of carbonyl (C=O) groups is 11. The number of aryl methyl sites for hydroxylation is 1. The van der Waals surface area contributed by atoms with E-state index in [2.05, 4.69) is 113 Å². The molecule has 88 heavy (non-hydrogen) atoms. The molecule has 25 heteroatoms. The smallest absolute Gasteiger partial charge is 0.326 e. The zero-order valence-electron chi connectivity index (χ0n) is 52.2. The van der Waals surface area contributed by atoms with Crippen LogP contribution in [0.2, 0.25) is 0 Å². The number of aliphatic carboxylic acids is 4. The monoisotopic (exact) mass is 1240 g/mol. The van der Waals surface area contributed by atoms with E-state index in [4.69, 9.17) is 20.4 Å². The van der Waals surface area contributed by atoms with Gasteiger partial charge in [-0.15, -0.1) is 0 Å². The average molecular weight is 1240 g/mol. The van der Waals surface area contributed by atoms with E-state index in [0.29, 0.717) is 37.7 Å². The molecule has 0 unspecified atom stereocenters. The number of unbranched alkanes of at least 4 members (excludes halogenated alkanes) is 2. The van der Waals surface area contributed by atoms with E-state index in [9.17, 15) is 62.2 Å². The summed E-state index contributed by atoms with van der Waals surface area (Å²) in [6.45, 7) is 11.7. The highest BCUT2D eigenvalue weighted by atomic mass is 19.1. The summed E-state index contributed by atoms with van der Waals surface area (Å²) in [5, 5.41) is 64.1. The van der Waals surface area contributed by atoms with E-state index in [1.54, 1.807) is 6.08 Å². The Morgan fingerprint density at radius 3 is 1.70 bits per heavy atom. The molecule has 2 atom stereocenters. The van der Waals surface area contributed by atoms with E-state index in [1.165, 1.54) is 85.3 Å². The summed E-state index contributed by atoms with van der Waals surface area (Å²) in [4.78, 5) is 122. The average Bonchev–Trinajstić information content (AvgIpc) is 3.67. The number of halogens is 1. The summed E-state index contributed by atoms with van der Waals surface area (Å²) in [5.74, 6) is -5.60. The summed E-state index contributed by atoms with van der Waals surface area (Å²) in [5.41, 5.74) is 2.97. The number of aliphatic hydroxyl groups excluding tert-OH is 1. The number of amides is 7. The third-order valence-corrected chi connectivity index (χ3v) is 12.9. The molecular formula is C63H95FN8O16. The van der Waals surface area contributed by atoms with Crippen LogP contribution in [0.15, 0.2) is 89.8 Å². The van der Waals surface area contributed by atoms with Crippen LogP contribution < -0.4 is 37.2 Å². The number of allylic oxidation sites excluding steroid dienone is 4. The molecule has 24 nitrogen and oxygen atoms in total. The summed E-state index contributed by atoms with van der Waals surface area (Å²) in [7, 11) is 2.43. The third kappa shape index (κ3) is 40.7. The molecule has 7 amide bonds. The molecule has 4 rings (SSSR count). The summed E-state index contributed by atoms with van der Waals surface area (Å²) >= 11 is 0. The normalized spacial score (nSPS) is 12.6. The number of carbonyl (C=O) groups excluding carboxylic acids is 7. The van der Waals surface area contributed by atoms with E-state index < -0.39 is 60.4 Å². The number of fused-ring (bicyclic) bond motifs is 2. The quantitative estimate of drug-likeness (QED) is 0.0108. The first-order chi connectivity index (χ1) is 41.9. The van der Waals surface area contributed by atoms with Gasteiger partial charge in [-0.1, -0.05) is 119 Å². The molecule has 0 radical (unpaired) electrons. The Balaban J connectivity index is 0. The van der Waals surface area contributed by atoms with Gasteiger partial charge in [0.2, 0.25) is 24.1 Å². The van der Waals surface area contributed by atoms with Gasteiger partial charge in [-0.3, -0.25) is 38.5 Å². The fourth-order valence-electron chi connectivity index (χ4n) is 8.03. The Hall–Kier alpha value is -8.58. The van der Waals surface area contributed by atoms with Crippen LogP contribution in [0.25, 0.3) is 21.5 Å². The third-order valence-electron chi connectivity index (χ3n) is 12.9. The summed E-state index contributed by atoms with van der Waals surface area (Å²) in [6.07, 6.45) is 16.3. The van der Waals surface area contributed by atoms with Gasteiger partial charge < -0.3 is 67.5 Å². The molecule has 12 N–H and O–H groups in total. The van der Waals surface area contributed by atoms with Gasteiger partial charge in [0.15, 0.2) is 0 Å². The number of nitrogens with zero attached hydrogens (tertiary/aromatic N) is 1. The number of aliphatic hydroxyl groups is 1. The van der Waals surface area contributed by atoms with Crippen LogP contribution in [0.1, 0.15) is 130 Å². The van der Waals surface area contributed by atoms with Crippen molar-refractivity contribution < 1.29 is 82.7 Å². The molecule has 0 heterocycles. The van der Waals surface area contributed by atoms with Gasteiger partial charge in [0.05, 0.1) is 38.6 Å². The van der Waals surface area contributed by atoms with Crippen molar-refractivity contribution in [2.75, 3.05) is 60.0 Å². The maximum absolute atomic E-state index is 12.7. The van der Waals surface area contributed by atoms with Gasteiger partial charge in [0.25, 0.3) is 5.91 Å². The molecule has 490 valence electrons. The molecule has 0 saturated heterocycles. The number of likely N-dealkylation sites (N-methyl/N-ethyl adjacent to an activating group) is 1. The molecule has 0 aliphatic heterocycles. The summed E-state index contributed by atoms with van der Waals surface area (Å²) in [6, 6.07) is 15.8. The van der Waals surface area contributed by atoms with Crippen LogP contribution in [0.4, 0.5) is 9.18 Å². The number of rotatable bonds is 31. The highest BCUT2D eigenvalue weighted by molar-refractivity contribution is 6.02. The predicted molar refractivity (Wildman–Crippen MR) is 336 cm³/mol. The van der Waals surface area contributed by atoms with Crippen molar-refractivity contribution in [3.63, 3.8) is 0 Å². The van der Waals surface area contributed by atoms with Crippen molar-refractivity contribution in [1.29, 1.82) is 0 Å². The molecule has 3 aromatic carbocycles. The highest BCUT2D eigenvalue weighted by Crippen LogP contribution is 2.27. The summed E-state index contributed by atoms with van der Waals surface area (Å²) < 4.78 is 12.7. The largest absolute Gasteiger partial charge is 0.481 e. The predicted octanol–water partition coefficient (Wildman–Crippen LogP) is 6.47. The molecule has 1 aliphatic rings. The number of urea groups is 1. The Labute approximate surface area is 515 Å². The topological polar surface area (TPSA) is 376 Å². The first-order valence-corrected chi connectivity index (χ1v) is 29.3. The van der Waals surface area contributed by atoms with Crippen LogP contribution >= 0.6 is 0 Å². The molecule has 0 aromatic heterocycles. The Morgan fingerprint density at radius 1 is 0.682 bits per heavy atom. The standard InChI is InChI=1S/C16H26N4O9.C15H24FNO.C15H12.C9H15N3O5.C7H14.CH4O/c21-9-17-8-12(22)18-7-2-1-4-10(14(25)26)19-16(29)20-11(15(27)28)5-3-6-13(23)24;1-5-7-10-17-15(18)14(9-8-13(4)16)11-12(3)6-2;1-11-14-8-4-2-6-12(14)10-13-7-3-5-9-15(11)13;1-10-7(14)4-11-8(15)5-12(2-3-13)6-9(16)17;1-7-5-3-2-4-6-7;1-2/h9-11H,1-8H2,(H,17,21)(H,18,22)(H,23,24)(H,25,26)(H,27,28)(H2,19,20,29);8-9,11H,5-7,10H2,1-4H3,(H,17,18);2-10H,1H3;3H,2,4-6H2,1H3,(H,10,14)(H,11,15)(H,16,17);7H,2-6H2,1H3;2H,1H3/b;12-11+,13-8+,14-9+;;;;/t10-,11-;;;;;/m0...../s1. The minimum absolute atomic E-state index is 0.0308. The van der Waals surface area contributed by atoms with Crippen LogP contribution in [0, 0.1) is 12.8 Å². The van der Waals surface area contributed by atoms with Crippen molar-refractivity contribution in [3.8, 4) is 0 Å². The van der Waals surface area contributed by atoms with E-state index in [0.717, 1.165) is 42.8 Å². The second-order valence-corrected chi connectivity index (χ2v) is 20.2. The molecule has 1 aliphatic carbocycles. The first-order valence-electron chi connectivity index (χ1n) is 29.3. The van der Waals surface area contributed by atoms with Crippen LogP contribution in [-0.4, -0.2) is 169 Å². The molecule has 3 aromatic rings. The molecular weight excluding hydrogens is 1140 g/mol. The lowest BCUT2D eigenvalue weighted by Gasteiger charge is -2.18. The van der Waals surface area contributed by atoms with Gasteiger partial charge in [-0.25, -0.2) is 18.8 Å². The van der Waals surface area contributed by atoms with Gasteiger partial charge in [0.1, 0.15) is 18.4 Å². The minimum Gasteiger partial charge on any atom is -0.481 e. The maximum Gasteiger partial charge on any atom is 0.326 e. The number of nitrogens with one attached hydrogen (secondary N) is 7.